The molecule has 6 aliphatic heterocycles. The van der Waals surface area contributed by atoms with Crippen LogP contribution in [-0.4, -0.2) is 121 Å². The first-order valence-electron chi connectivity index (χ1n) is 19.5. The molecule has 56 heavy (non-hydrogen) atoms. The van der Waals surface area contributed by atoms with Crippen LogP contribution in [0.3, 0.4) is 0 Å². The van der Waals surface area contributed by atoms with Gasteiger partial charge in [0.25, 0.3) is 17.7 Å². The second-order valence-corrected chi connectivity index (χ2v) is 17.6. The number of nitriles is 1. The number of rotatable bonds is 6. The SMILES string of the molecule is C[C@H]1CC2(CCN(c3ccc(C(=O)N4CCN(C5CN(c6ccc7c(c6)C(=O)N(C6CCC(=O)NC6=O)C7=O)C5)CC4)s3)CC2)CN1c1ccc(C#N)c(Cl)c1. The standard InChI is InChI=1S/C41H43ClN8O5S/c1-25-20-41(24-49(25)28-3-2-26(21-43)32(42)19-28)10-12-46(13-11-41)36-9-7-34(56-36)40(55)47-16-14-45(15-17-47)29-22-48(23-29)27-4-5-30-31(18-27)39(54)50(38(30)53)33-6-8-35(51)44-37(33)52/h2-5,7,9,18-19,25,29,33H,6,8,10-17,20,22-24H2,1H3,(H,44,51,52)/t25-,33?/m0/s1. The lowest BCUT2D eigenvalue weighted by Gasteiger charge is -2.49. The van der Waals surface area contributed by atoms with E-state index < -0.39 is 29.7 Å². The van der Waals surface area contributed by atoms with Crippen molar-refractivity contribution in [1.82, 2.24) is 20.0 Å². The molecule has 7 heterocycles. The molecule has 0 bridgehead atoms. The summed E-state index contributed by atoms with van der Waals surface area (Å²) in [4.78, 5) is 77.3. The Kier molecular flexibility index (Phi) is 9.29. The molecule has 1 N–H and O–H groups in total. The van der Waals surface area contributed by atoms with Crippen LogP contribution in [0, 0.1) is 16.7 Å². The normalized spacial score (nSPS) is 24.1. The van der Waals surface area contributed by atoms with E-state index in [1.54, 1.807) is 23.5 Å². The number of hydrogen-bond donors (Lipinski definition) is 1. The second-order valence-electron chi connectivity index (χ2n) is 16.1. The monoisotopic (exact) mass is 794 g/mol. The number of anilines is 3. The first-order chi connectivity index (χ1) is 27.0. The maximum Gasteiger partial charge on any atom is 0.264 e. The van der Waals surface area contributed by atoms with E-state index >= 15 is 0 Å². The minimum atomic E-state index is -0.982. The number of nitrogens with zero attached hydrogens (tertiary/aromatic N) is 7. The molecule has 2 aromatic carbocycles. The quantitative estimate of drug-likeness (QED) is 0.361. The van der Waals surface area contributed by atoms with Gasteiger partial charge < -0.3 is 19.6 Å². The summed E-state index contributed by atoms with van der Waals surface area (Å²) in [5.41, 5.74) is 3.24. The van der Waals surface area contributed by atoms with Crippen molar-refractivity contribution in [2.45, 2.75) is 57.2 Å². The summed E-state index contributed by atoms with van der Waals surface area (Å²) in [5.74, 6) is -1.92. The molecule has 290 valence electrons. The van der Waals surface area contributed by atoms with E-state index in [0.717, 1.165) is 91.2 Å². The molecular weight excluding hydrogens is 752 g/mol. The summed E-state index contributed by atoms with van der Waals surface area (Å²) >= 11 is 7.97. The van der Waals surface area contributed by atoms with Gasteiger partial charge in [0, 0.05) is 88.8 Å². The van der Waals surface area contributed by atoms with Crippen molar-refractivity contribution >= 4 is 68.8 Å². The number of hydrogen-bond acceptors (Lipinski definition) is 11. The van der Waals surface area contributed by atoms with Crippen LogP contribution in [0.1, 0.15) is 75.0 Å². The Morgan fingerprint density at radius 3 is 2.34 bits per heavy atom. The number of nitrogens with one attached hydrogen (secondary N) is 1. The van der Waals surface area contributed by atoms with Crippen molar-refractivity contribution in [3.63, 3.8) is 0 Å². The van der Waals surface area contributed by atoms with Crippen LogP contribution in [0.4, 0.5) is 16.4 Å². The topological polar surface area (TPSA) is 141 Å². The molecule has 15 heteroatoms. The Bertz CT molecular complexity index is 2180. The third-order valence-corrected chi connectivity index (χ3v) is 14.3. The number of carbonyl (C=O) groups is 5. The second kappa shape index (κ2) is 14.2. The number of imide groups is 2. The van der Waals surface area contributed by atoms with Crippen molar-refractivity contribution in [2.75, 3.05) is 73.6 Å². The van der Waals surface area contributed by atoms with Gasteiger partial charge in [0.2, 0.25) is 11.8 Å². The molecule has 0 saturated carbocycles. The molecule has 1 aromatic heterocycles. The van der Waals surface area contributed by atoms with Gasteiger partial charge in [0.05, 0.1) is 31.6 Å². The van der Waals surface area contributed by atoms with Crippen molar-refractivity contribution in [3.05, 3.63) is 75.1 Å². The third kappa shape index (κ3) is 6.39. The van der Waals surface area contributed by atoms with Crippen LogP contribution in [0.15, 0.2) is 48.5 Å². The highest BCUT2D eigenvalue weighted by Crippen LogP contribution is 2.46. The lowest BCUT2D eigenvalue weighted by atomic mass is 9.77. The zero-order valence-electron chi connectivity index (χ0n) is 31.2. The minimum Gasteiger partial charge on any atom is -0.368 e. The average molecular weight is 795 g/mol. The lowest BCUT2D eigenvalue weighted by molar-refractivity contribution is -0.136. The van der Waals surface area contributed by atoms with Gasteiger partial charge in [-0.3, -0.25) is 39.1 Å². The number of halogens is 1. The van der Waals surface area contributed by atoms with Crippen molar-refractivity contribution in [3.8, 4) is 6.07 Å². The minimum absolute atomic E-state index is 0.0852. The molecule has 13 nitrogen and oxygen atoms in total. The maximum absolute atomic E-state index is 13.6. The Hall–Kier alpha value is -4.97. The van der Waals surface area contributed by atoms with Gasteiger partial charge in [-0.05, 0) is 86.6 Å². The van der Waals surface area contributed by atoms with E-state index in [9.17, 15) is 29.2 Å². The fraction of sp³-hybridized carbons (Fsp3) is 0.463. The average Bonchev–Trinajstić information content (AvgIpc) is 3.86. The Morgan fingerprint density at radius 2 is 1.62 bits per heavy atom. The van der Waals surface area contributed by atoms with E-state index in [-0.39, 0.29) is 35.3 Å². The van der Waals surface area contributed by atoms with E-state index in [1.165, 1.54) is 0 Å². The molecule has 0 radical (unpaired) electrons. The predicted octanol–water partition coefficient (Wildman–Crippen LogP) is 4.21. The summed E-state index contributed by atoms with van der Waals surface area (Å²) < 4.78 is 0. The van der Waals surface area contributed by atoms with Gasteiger partial charge in [-0.1, -0.05) is 11.6 Å². The fourth-order valence-electron chi connectivity index (χ4n) is 9.61. The van der Waals surface area contributed by atoms with Crippen LogP contribution >= 0.6 is 22.9 Å². The van der Waals surface area contributed by atoms with Gasteiger partial charge in [0.1, 0.15) is 12.1 Å². The third-order valence-electron chi connectivity index (χ3n) is 12.9. The number of piperazine rings is 1. The summed E-state index contributed by atoms with van der Waals surface area (Å²) in [6.45, 7) is 9.64. The highest BCUT2D eigenvalue weighted by atomic mass is 35.5. The Labute approximate surface area is 334 Å². The molecule has 9 rings (SSSR count). The van der Waals surface area contributed by atoms with Crippen LogP contribution in [0.5, 0.6) is 0 Å². The van der Waals surface area contributed by atoms with E-state index in [4.69, 9.17) is 11.6 Å². The first kappa shape index (κ1) is 36.7. The molecule has 3 aromatic rings. The molecule has 5 amide bonds. The lowest BCUT2D eigenvalue weighted by Crippen LogP contribution is -2.63. The number of piperidine rings is 2. The summed E-state index contributed by atoms with van der Waals surface area (Å²) in [6, 6.07) is 17.0. The number of amides is 5. The van der Waals surface area contributed by atoms with E-state index in [0.29, 0.717) is 35.8 Å². The largest absolute Gasteiger partial charge is 0.368 e. The highest BCUT2D eigenvalue weighted by molar-refractivity contribution is 7.18. The highest BCUT2D eigenvalue weighted by Gasteiger charge is 2.46. The fourth-order valence-corrected chi connectivity index (χ4v) is 10.9. The Balaban J connectivity index is 0.747. The van der Waals surface area contributed by atoms with Gasteiger partial charge in [-0.2, -0.15) is 5.26 Å². The van der Waals surface area contributed by atoms with Gasteiger partial charge in [0.15, 0.2) is 0 Å². The zero-order valence-corrected chi connectivity index (χ0v) is 32.8. The first-order valence-corrected chi connectivity index (χ1v) is 20.7. The van der Waals surface area contributed by atoms with Crippen molar-refractivity contribution in [1.29, 1.82) is 5.26 Å². The van der Waals surface area contributed by atoms with E-state index in [2.05, 4.69) is 44.0 Å². The molecule has 5 saturated heterocycles. The molecular formula is C41H43ClN8O5S. The predicted molar refractivity (Wildman–Crippen MR) is 212 cm³/mol. The zero-order chi connectivity index (χ0) is 38.9. The number of fused-ring (bicyclic) bond motifs is 1. The molecule has 1 unspecified atom stereocenters. The van der Waals surface area contributed by atoms with Crippen LogP contribution in [0.2, 0.25) is 5.02 Å². The maximum atomic E-state index is 13.6. The Morgan fingerprint density at radius 1 is 0.893 bits per heavy atom. The number of benzene rings is 2. The summed E-state index contributed by atoms with van der Waals surface area (Å²) in [6.07, 6.45) is 3.52. The summed E-state index contributed by atoms with van der Waals surface area (Å²) in [5, 5.41) is 13.2. The number of carbonyl (C=O) groups excluding carboxylic acids is 5. The molecule has 2 atom stereocenters. The molecule has 6 aliphatic rings. The molecule has 0 aliphatic carbocycles. The molecule has 1 spiro atoms. The summed E-state index contributed by atoms with van der Waals surface area (Å²) in [7, 11) is 0. The van der Waals surface area contributed by atoms with Crippen molar-refractivity contribution < 1.29 is 24.0 Å². The van der Waals surface area contributed by atoms with Gasteiger partial charge in [-0.15, -0.1) is 11.3 Å². The van der Waals surface area contributed by atoms with Gasteiger partial charge in [-0.25, -0.2) is 0 Å². The van der Waals surface area contributed by atoms with Crippen molar-refractivity contribution in [2.24, 2.45) is 5.41 Å². The number of thiophene rings is 1. The molecule has 5 fully saturated rings. The van der Waals surface area contributed by atoms with Gasteiger partial charge >= 0.3 is 0 Å². The van der Waals surface area contributed by atoms with E-state index in [1.807, 2.05) is 35.2 Å². The van der Waals surface area contributed by atoms with Crippen LogP contribution < -0.4 is 20.0 Å². The smallest absolute Gasteiger partial charge is 0.264 e. The van der Waals surface area contributed by atoms with Crippen LogP contribution in [0.25, 0.3) is 0 Å². The van der Waals surface area contributed by atoms with Crippen LogP contribution in [-0.2, 0) is 9.59 Å².